The van der Waals surface area contributed by atoms with E-state index < -0.39 is 18.0 Å². The smallest absolute Gasteiger partial charge is 0.310 e. The fraction of sp³-hybridized carbons (Fsp3) is 0.333. The van der Waals surface area contributed by atoms with E-state index in [4.69, 9.17) is 17.3 Å². The minimum Gasteiger partial charge on any atom is -0.469 e. The Labute approximate surface area is 95.4 Å². The van der Waals surface area contributed by atoms with Crippen molar-refractivity contribution in [2.75, 3.05) is 12.8 Å². The predicted molar refractivity (Wildman–Crippen MR) is 54.3 cm³/mol. The van der Waals surface area contributed by atoms with Crippen molar-refractivity contribution in [3.05, 3.63) is 22.3 Å². The number of nitrogen functional groups attached to an aromatic ring is 1. The second kappa shape index (κ2) is 5.07. The summed E-state index contributed by atoms with van der Waals surface area (Å²) in [5.74, 6) is -0.928. The molecule has 0 aliphatic heterocycles. The summed E-state index contributed by atoms with van der Waals surface area (Å²) in [4.78, 5) is 14.5. The number of alkyl halides is 2. The lowest BCUT2D eigenvalue weighted by Crippen LogP contribution is -2.08. The van der Waals surface area contributed by atoms with Crippen LogP contribution in [0.3, 0.4) is 0 Å². The number of nitrogens with zero attached hydrogens (tertiary/aromatic N) is 1. The van der Waals surface area contributed by atoms with Crippen LogP contribution in [0.2, 0.25) is 5.02 Å². The zero-order valence-corrected chi connectivity index (χ0v) is 9.09. The number of pyridine rings is 1. The Hall–Kier alpha value is -1.43. The van der Waals surface area contributed by atoms with E-state index in [9.17, 15) is 13.6 Å². The van der Waals surface area contributed by atoms with Gasteiger partial charge in [-0.05, 0) is 0 Å². The summed E-state index contributed by atoms with van der Waals surface area (Å²) < 4.78 is 29.5. The van der Waals surface area contributed by atoms with Crippen molar-refractivity contribution in [1.82, 2.24) is 4.98 Å². The highest BCUT2D eigenvalue weighted by atomic mass is 35.5. The maximum atomic E-state index is 12.6. The van der Waals surface area contributed by atoms with Crippen LogP contribution in [0, 0.1) is 0 Å². The van der Waals surface area contributed by atoms with Crippen molar-refractivity contribution in [3.8, 4) is 0 Å². The van der Waals surface area contributed by atoms with Crippen molar-refractivity contribution in [2.45, 2.75) is 12.8 Å². The van der Waals surface area contributed by atoms with Crippen molar-refractivity contribution < 1.29 is 18.3 Å². The molecule has 0 fully saturated rings. The molecule has 0 aliphatic rings. The third kappa shape index (κ3) is 2.57. The van der Waals surface area contributed by atoms with Crippen LogP contribution < -0.4 is 5.73 Å². The van der Waals surface area contributed by atoms with Gasteiger partial charge in [0.05, 0.1) is 24.1 Å². The number of ether oxygens (including phenoxy) is 1. The van der Waals surface area contributed by atoms with Gasteiger partial charge >= 0.3 is 5.97 Å². The fourth-order valence-corrected chi connectivity index (χ4v) is 1.41. The maximum absolute atomic E-state index is 12.6. The second-order valence-electron chi connectivity index (χ2n) is 2.95. The summed E-state index contributed by atoms with van der Waals surface area (Å²) in [7, 11) is 1.19. The van der Waals surface area contributed by atoms with Gasteiger partial charge < -0.3 is 10.5 Å². The van der Waals surface area contributed by atoms with Gasteiger partial charge in [-0.15, -0.1) is 0 Å². The number of hydrogen-bond donors (Lipinski definition) is 1. The second-order valence-corrected chi connectivity index (χ2v) is 3.33. The normalized spacial score (nSPS) is 10.6. The highest BCUT2D eigenvalue weighted by Gasteiger charge is 2.20. The molecule has 0 aliphatic carbocycles. The average Bonchev–Trinajstić information content (AvgIpc) is 2.21. The van der Waals surface area contributed by atoms with E-state index in [1.165, 1.54) is 13.3 Å². The quantitative estimate of drug-likeness (QED) is 0.833. The Morgan fingerprint density at radius 1 is 1.69 bits per heavy atom. The monoisotopic (exact) mass is 250 g/mol. The van der Waals surface area contributed by atoms with E-state index in [1.807, 2.05) is 0 Å². The molecule has 0 bridgehead atoms. The van der Waals surface area contributed by atoms with Crippen molar-refractivity contribution >= 4 is 23.4 Å². The van der Waals surface area contributed by atoms with Gasteiger partial charge in [-0.1, -0.05) is 11.6 Å². The summed E-state index contributed by atoms with van der Waals surface area (Å²) in [6.07, 6.45) is -1.87. The van der Waals surface area contributed by atoms with Crippen LogP contribution in [0.4, 0.5) is 14.6 Å². The maximum Gasteiger partial charge on any atom is 0.310 e. The lowest BCUT2D eigenvalue weighted by atomic mass is 10.1. The molecule has 0 saturated heterocycles. The zero-order chi connectivity index (χ0) is 12.3. The van der Waals surface area contributed by atoms with Gasteiger partial charge in [-0.3, -0.25) is 4.79 Å². The van der Waals surface area contributed by atoms with Crippen molar-refractivity contribution in [2.24, 2.45) is 0 Å². The number of rotatable bonds is 3. The fourth-order valence-electron chi connectivity index (χ4n) is 1.12. The molecule has 2 N–H and O–H groups in total. The molecule has 0 spiro atoms. The molecule has 0 saturated carbocycles. The van der Waals surface area contributed by atoms with Crippen LogP contribution in [0.1, 0.15) is 17.6 Å². The standard InChI is InChI=1S/C9H9ClF2N2O2/c1-16-5(15)2-4-3-14-9(13)6(7(4)10)8(11)12/h3,8H,2H2,1H3,(H2,13,14). The molecule has 0 aromatic carbocycles. The first-order valence-corrected chi connectivity index (χ1v) is 4.62. The van der Waals surface area contributed by atoms with Crippen LogP contribution in [0.15, 0.2) is 6.20 Å². The van der Waals surface area contributed by atoms with Crippen LogP contribution in [-0.2, 0) is 16.0 Å². The number of halogens is 3. The van der Waals surface area contributed by atoms with Gasteiger partial charge in [0.1, 0.15) is 5.82 Å². The summed E-state index contributed by atoms with van der Waals surface area (Å²) in [5, 5.41) is -0.243. The molecular weight excluding hydrogens is 242 g/mol. The number of aromatic nitrogens is 1. The summed E-state index contributed by atoms with van der Waals surface area (Å²) in [6.45, 7) is 0. The number of esters is 1. The molecular formula is C9H9ClF2N2O2. The minimum atomic E-state index is -2.84. The van der Waals surface area contributed by atoms with Gasteiger partial charge in [0.2, 0.25) is 0 Å². The largest absolute Gasteiger partial charge is 0.469 e. The first kappa shape index (κ1) is 12.6. The molecule has 16 heavy (non-hydrogen) atoms. The lowest BCUT2D eigenvalue weighted by molar-refractivity contribution is -0.139. The van der Waals surface area contributed by atoms with E-state index in [0.29, 0.717) is 0 Å². The zero-order valence-electron chi connectivity index (χ0n) is 8.34. The number of nitrogens with two attached hydrogens (primary N) is 1. The van der Waals surface area contributed by atoms with Crippen LogP contribution in [0.5, 0.6) is 0 Å². The summed E-state index contributed by atoms with van der Waals surface area (Å²) in [6, 6.07) is 0. The Balaban J connectivity index is 3.13. The average molecular weight is 251 g/mol. The molecule has 1 aromatic rings. The highest BCUT2D eigenvalue weighted by Crippen LogP contribution is 2.33. The van der Waals surface area contributed by atoms with Gasteiger partial charge in [0.25, 0.3) is 6.43 Å². The number of carbonyl (C=O) groups is 1. The van der Waals surface area contributed by atoms with Crippen molar-refractivity contribution in [1.29, 1.82) is 0 Å². The molecule has 0 unspecified atom stereocenters. The van der Waals surface area contributed by atoms with Crippen LogP contribution in [-0.4, -0.2) is 18.1 Å². The molecule has 0 atom stereocenters. The molecule has 7 heteroatoms. The Morgan fingerprint density at radius 3 is 2.81 bits per heavy atom. The number of anilines is 1. The summed E-state index contributed by atoms with van der Waals surface area (Å²) in [5.41, 5.74) is 4.87. The Bertz CT molecular complexity index is 413. The number of carbonyl (C=O) groups excluding carboxylic acids is 1. The SMILES string of the molecule is COC(=O)Cc1cnc(N)c(C(F)F)c1Cl. The van der Waals surface area contributed by atoms with Crippen LogP contribution >= 0.6 is 11.6 Å². The molecule has 0 radical (unpaired) electrons. The van der Waals surface area contributed by atoms with E-state index in [1.54, 1.807) is 0 Å². The minimum absolute atomic E-state index is 0.165. The topological polar surface area (TPSA) is 65.2 Å². The molecule has 1 aromatic heterocycles. The van der Waals surface area contributed by atoms with Gasteiger partial charge in [0, 0.05) is 11.8 Å². The van der Waals surface area contributed by atoms with Gasteiger partial charge in [0.15, 0.2) is 0 Å². The third-order valence-electron chi connectivity index (χ3n) is 1.93. The Morgan fingerprint density at radius 2 is 2.31 bits per heavy atom. The lowest BCUT2D eigenvalue weighted by Gasteiger charge is -2.09. The summed E-state index contributed by atoms with van der Waals surface area (Å²) >= 11 is 5.70. The third-order valence-corrected chi connectivity index (χ3v) is 2.38. The number of hydrogen-bond acceptors (Lipinski definition) is 4. The molecule has 0 amide bonds. The van der Waals surface area contributed by atoms with E-state index >= 15 is 0 Å². The van der Waals surface area contributed by atoms with Crippen LogP contribution in [0.25, 0.3) is 0 Å². The van der Waals surface area contributed by atoms with Gasteiger partial charge in [-0.2, -0.15) is 0 Å². The number of methoxy groups -OCH3 is 1. The van der Waals surface area contributed by atoms with E-state index in [0.717, 1.165) is 0 Å². The van der Waals surface area contributed by atoms with Crippen molar-refractivity contribution in [3.63, 3.8) is 0 Å². The van der Waals surface area contributed by atoms with Gasteiger partial charge in [-0.25, -0.2) is 13.8 Å². The molecule has 4 nitrogen and oxygen atoms in total. The Kier molecular flexibility index (Phi) is 4.00. The highest BCUT2D eigenvalue weighted by molar-refractivity contribution is 6.32. The molecule has 1 rings (SSSR count). The van der Waals surface area contributed by atoms with E-state index in [2.05, 4.69) is 9.72 Å². The predicted octanol–water partition coefficient (Wildman–Crippen LogP) is 1.97. The van der Waals surface area contributed by atoms with E-state index in [-0.39, 0.29) is 22.8 Å². The molecule has 88 valence electrons. The molecule has 1 heterocycles. The first-order valence-electron chi connectivity index (χ1n) is 4.25. The first-order chi connectivity index (χ1) is 7.47.